The highest BCUT2D eigenvalue weighted by atomic mass is 19.1. The molecule has 40 heavy (non-hydrogen) atoms. The average molecular weight is 554 g/mol. The zero-order chi connectivity index (χ0) is 29.2. The zero-order valence-electron chi connectivity index (χ0n) is 24.1. The lowest BCUT2D eigenvalue weighted by atomic mass is 9.78. The summed E-state index contributed by atoms with van der Waals surface area (Å²) in [6.45, 7) is 17.7. The van der Waals surface area contributed by atoms with Gasteiger partial charge in [0.05, 0.1) is 11.7 Å². The number of alkyl halides is 1. The van der Waals surface area contributed by atoms with Crippen molar-refractivity contribution in [3.8, 4) is 11.3 Å². The van der Waals surface area contributed by atoms with Crippen LogP contribution in [0.1, 0.15) is 59.3 Å². The second-order valence-electron chi connectivity index (χ2n) is 10.8. The summed E-state index contributed by atoms with van der Waals surface area (Å²) in [5.41, 5.74) is 0.601. The Morgan fingerprint density at radius 1 is 1.15 bits per heavy atom. The van der Waals surface area contributed by atoms with Gasteiger partial charge >= 0.3 is 0 Å². The molecule has 1 aromatic carbocycles. The molecule has 3 heterocycles. The van der Waals surface area contributed by atoms with Crippen LogP contribution in [-0.2, 0) is 0 Å². The molecule has 214 valence electrons. The van der Waals surface area contributed by atoms with Gasteiger partial charge in [-0.15, -0.1) is 0 Å². The monoisotopic (exact) mass is 553 g/mol. The first kappa shape index (κ1) is 29.5. The van der Waals surface area contributed by atoms with E-state index in [1.807, 2.05) is 39.2 Å². The summed E-state index contributed by atoms with van der Waals surface area (Å²) in [6, 6.07) is 2.94. The molecule has 3 aromatic rings. The number of imidazole rings is 1. The normalized spacial score (nSPS) is 17.4. The minimum Gasteiger partial charge on any atom is -0.326 e. The van der Waals surface area contributed by atoms with Crippen LogP contribution in [0.25, 0.3) is 22.3 Å². The van der Waals surface area contributed by atoms with Gasteiger partial charge in [-0.2, -0.15) is 0 Å². The van der Waals surface area contributed by atoms with Gasteiger partial charge in [0.2, 0.25) is 5.95 Å². The Morgan fingerprint density at radius 3 is 2.48 bits per heavy atom. The first-order valence-corrected chi connectivity index (χ1v) is 13.7. The van der Waals surface area contributed by atoms with Gasteiger partial charge in [-0.3, -0.25) is 0 Å². The van der Waals surface area contributed by atoms with Gasteiger partial charge < -0.3 is 14.8 Å². The molecular weight excluding hydrogens is 515 g/mol. The smallest absolute Gasteiger partial charge is 0.229 e. The van der Waals surface area contributed by atoms with E-state index in [2.05, 4.69) is 43.8 Å². The van der Waals surface area contributed by atoms with Crippen molar-refractivity contribution in [3.63, 3.8) is 0 Å². The molecular formula is C30H38F3N7. The summed E-state index contributed by atoms with van der Waals surface area (Å²) in [5.74, 6) is -0.473. The number of hydrogen-bond acceptors (Lipinski definition) is 6. The molecule has 1 aliphatic rings. The van der Waals surface area contributed by atoms with E-state index < -0.39 is 17.3 Å². The predicted octanol–water partition coefficient (Wildman–Crippen LogP) is 7.02. The molecule has 0 unspecified atom stereocenters. The van der Waals surface area contributed by atoms with Crippen LogP contribution in [0, 0.1) is 24.5 Å². The molecule has 4 rings (SSSR count). The van der Waals surface area contributed by atoms with Crippen LogP contribution >= 0.6 is 0 Å². The fourth-order valence-corrected chi connectivity index (χ4v) is 5.37. The Labute approximate surface area is 233 Å². The van der Waals surface area contributed by atoms with E-state index in [4.69, 9.17) is 0 Å². The number of benzene rings is 1. The number of anilines is 1. The molecule has 1 atom stereocenters. The highest BCUT2D eigenvalue weighted by Crippen LogP contribution is 2.38. The number of nitrogens with one attached hydrogen (secondary N) is 1. The van der Waals surface area contributed by atoms with Crippen LogP contribution in [0.15, 0.2) is 46.9 Å². The third kappa shape index (κ3) is 5.96. The Balaban J connectivity index is 1.59. The van der Waals surface area contributed by atoms with Crippen LogP contribution in [0.2, 0.25) is 0 Å². The third-order valence-corrected chi connectivity index (χ3v) is 7.97. The average Bonchev–Trinajstić information content (AvgIpc) is 3.28. The lowest BCUT2D eigenvalue weighted by Gasteiger charge is -2.40. The van der Waals surface area contributed by atoms with Gasteiger partial charge in [-0.1, -0.05) is 25.5 Å². The van der Waals surface area contributed by atoms with E-state index >= 15 is 8.78 Å². The van der Waals surface area contributed by atoms with E-state index in [-0.39, 0.29) is 34.7 Å². The predicted molar refractivity (Wildman–Crippen MR) is 155 cm³/mol. The number of aryl methyl sites for hydroxylation is 1. The Kier molecular flexibility index (Phi) is 8.77. The van der Waals surface area contributed by atoms with Crippen molar-refractivity contribution in [2.45, 2.75) is 66.1 Å². The summed E-state index contributed by atoms with van der Waals surface area (Å²) >= 11 is 0. The number of hydrogen-bond donors (Lipinski definition) is 1. The van der Waals surface area contributed by atoms with Gasteiger partial charge in [-0.05, 0) is 72.0 Å². The number of allylic oxidation sites excluding steroid dienone is 3. The summed E-state index contributed by atoms with van der Waals surface area (Å²) in [4.78, 5) is 18.9. The molecule has 1 N–H and O–H groups in total. The molecule has 7 nitrogen and oxygen atoms in total. The van der Waals surface area contributed by atoms with E-state index in [0.717, 1.165) is 31.4 Å². The highest BCUT2D eigenvalue weighted by molar-refractivity contribution is 5.83. The fraction of sp³-hybridized carbons (Fsp3) is 0.467. The van der Waals surface area contributed by atoms with E-state index in [0.29, 0.717) is 30.0 Å². The maximum absolute atomic E-state index is 15.7. The van der Waals surface area contributed by atoms with Crippen molar-refractivity contribution < 1.29 is 13.2 Å². The summed E-state index contributed by atoms with van der Waals surface area (Å²) in [5, 5.41) is 2.94. The van der Waals surface area contributed by atoms with Crippen molar-refractivity contribution in [3.05, 3.63) is 59.3 Å². The standard InChI is InChI=1S/C30H38F3N7/c1-8-39-13-11-30(33,12-14-39)20(5)19(4)9-10-26(34-7)37-29-35-17-24(32)27(38-29)22-15-23(31)28-25(16-22)40(18(2)3)21(6)36-28/h9-10,15-18,20H,7-8,11-14H2,1-6H3,(H,35,37,38)/b19-9+,26-10+/t20-/m1/s1. The molecule has 10 heteroatoms. The van der Waals surface area contributed by atoms with Crippen LogP contribution in [0.5, 0.6) is 0 Å². The summed E-state index contributed by atoms with van der Waals surface area (Å²) in [6.07, 6.45) is 5.50. The number of likely N-dealkylation sites (tertiary alicyclic amines) is 1. The number of rotatable bonds is 9. The van der Waals surface area contributed by atoms with Gasteiger partial charge in [-0.25, -0.2) is 33.1 Å². The minimum atomic E-state index is -1.26. The maximum atomic E-state index is 15.7. The molecule has 0 saturated carbocycles. The third-order valence-electron chi connectivity index (χ3n) is 7.97. The van der Waals surface area contributed by atoms with Gasteiger partial charge in [0.1, 0.15) is 28.5 Å². The Morgan fingerprint density at radius 2 is 1.85 bits per heavy atom. The number of nitrogens with zero attached hydrogens (tertiary/aromatic N) is 6. The minimum absolute atomic E-state index is 0.0362. The lowest BCUT2D eigenvalue weighted by Crippen LogP contribution is -2.45. The first-order chi connectivity index (χ1) is 19.0. The molecule has 0 aliphatic carbocycles. The van der Waals surface area contributed by atoms with E-state index in [1.54, 1.807) is 18.2 Å². The molecule has 1 aliphatic heterocycles. The van der Waals surface area contributed by atoms with E-state index in [1.165, 1.54) is 6.07 Å². The number of aromatic nitrogens is 4. The fourth-order valence-electron chi connectivity index (χ4n) is 5.37. The first-order valence-electron chi connectivity index (χ1n) is 13.7. The quantitative estimate of drug-likeness (QED) is 0.228. The maximum Gasteiger partial charge on any atom is 0.229 e. The molecule has 0 bridgehead atoms. The van der Waals surface area contributed by atoms with Crippen molar-refractivity contribution in [1.29, 1.82) is 0 Å². The molecule has 2 aromatic heterocycles. The highest BCUT2D eigenvalue weighted by Gasteiger charge is 2.39. The second kappa shape index (κ2) is 11.9. The van der Waals surface area contributed by atoms with Gasteiger partial charge in [0, 0.05) is 30.6 Å². The number of fused-ring (bicyclic) bond motifs is 1. The van der Waals surface area contributed by atoms with Crippen LogP contribution in [0.3, 0.4) is 0 Å². The SMILES string of the molecule is C=N/C(=C\C=C(/C)[C@@H](C)C1(F)CCN(CC)CC1)Nc1ncc(F)c(-c2cc(F)c3nc(C)n(C(C)C)c3c2)n1. The summed E-state index contributed by atoms with van der Waals surface area (Å²) < 4.78 is 47.5. The topological polar surface area (TPSA) is 71.2 Å². The summed E-state index contributed by atoms with van der Waals surface area (Å²) in [7, 11) is 0. The number of aliphatic imine (C=N–C) groups is 1. The number of piperidine rings is 1. The molecule has 1 saturated heterocycles. The van der Waals surface area contributed by atoms with Crippen molar-refractivity contribution in [2.24, 2.45) is 10.9 Å². The van der Waals surface area contributed by atoms with Crippen molar-refractivity contribution in [2.75, 3.05) is 25.0 Å². The zero-order valence-corrected chi connectivity index (χ0v) is 24.1. The lowest BCUT2D eigenvalue weighted by molar-refractivity contribution is 0.0273. The molecule has 1 fully saturated rings. The van der Waals surface area contributed by atoms with E-state index in [9.17, 15) is 4.39 Å². The largest absolute Gasteiger partial charge is 0.326 e. The van der Waals surface area contributed by atoms with Crippen molar-refractivity contribution in [1.82, 2.24) is 24.4 Å². The van der Waals surface area contributed by atoms with Crippen LogP contribution in [0.4, 0.5) is 19.1 Å². The van der Waals surface area contributed by atoms with Crippen molar-refractivity contribution >= 4 is 23.7 Å². The van der Waals surface area contributed by atoms with Crippen LogP contribution < -0.4 is 5.32 Å². The molecule has 0 radical (unpaired) electrons. The molecule has 0 spiro atoms. The van der Waals surface area contributed by atoms with Gasteiger partial charge in [0.25, 0.3) is 0 Å². The Hall–Kier alpha value is -3.53. The molecule has 0 amide bonds. The second-order valence-corrected chi connectivity index (χ2v) is 10.8. The number of halogens is 3. The van der Waals surface area contributed by atoms with Gasteiger partial charge in [0.15, 0.2) is 11.6 Å². The van der Waals surface area contributed by atoms with Crippen LogP contribution in [-0.4, -0.2) is 56.4 Å². The Bertz CT molecular complexity index is 1450.